The van der Waals surface area contributed by atoms with Gasteiger partial charge in [0.1, 0.15) is 0 Å². The summed E-state index contributed by atoms with van der Waals surface area (Å²) in [5.74, 6) is 0.294. The second-order valence-corrected chi connectivity index (χ2v) is 6.13. The van der Waals surface area contributed by atoms with Crippen LogP contribution >= 0.6 is 23.1 Å². The number of nitrogen functional groups attached to an aromatic ring is 1. The molecule has 0 aliphatic carbocycles. The topological polar surface area (TPSA) is 80.9 Å². The molecule has 3 N–H and O–H groups in total. The molecule has 19 heavy (non-hydrogen) atoms. The van der Waals surface area contributed by atoms with Crippen molar-refractivity contribution in [3.63, 3.8) is 0 Å². The SMILES string of the molecule is Cc1ccccc1CNC(=O)CSc1nnc(N)s1. The monoisotopic (exact) mass is 294 g/mol. The number of hydrogen-bond donors (Lipinski definition) is 2. The Labute approximate surface area is 119 Å². The van der Waals surface area contributed by atoms with Crippen molar-refractivity contribution in [2.24, 2.45) is 0 Å². The van der Waals surface area contributed by atoms with Crippen LogP contribution in [0.15, 0.2) is 28.6 Å². The van der Waals surface area contributed by atoms with Gasteiger partial charge in [0.2, 0.25) is 11.0 Å². The number of anilines is 1. The van der Waals surface area contributed by atoms with Crippen molar-refractivity contribution in [3.05, 3.63) is 35.4 Å². The molecule has 2 rings (SSSR count). The minimum absolute atomic E-state index is 0.0259. The molecule has 0 atom stereocenters. The smallest absolute Gasteiger partial charge is 0.230 e. The molecule has 0 aliphatic rings. The van der Waals surface area contributed by atoms with Crippen molar-refractivity contribution >= 4 is 34.1 Å². The van der Waals surface area contributed by atoms with E-state index in [1.807, 2.05) is 31.2 Å². The van der Waals surface area contributed by atoms with Crippen LogP contribution in [0.5, 0.6) is 0 Å². The van der Waals surface area contributed by atoms with Gasteiger partial charge in [0.25, 0.3) is 0 Å². The number of carbonyl (C=O) groups is 1. The van der Waals surface area contributed by atoms with Gasteiger partial charge in [-0.25, -0.2) is 0 Å². The van der Waals surface area contributed by atoms with Crippen LogP contribution in [0.25, 0.3) is 0 Å². The van der Waals surface area contributed by atoms with Gasteiger partial charge in [-0.3, -0.25) is 4.79 Å². The molecule has 0 fully saturated rings. The summed E-state index contributed by atoms with van der Waals surface area (Å²) in [6.07, 6.45) is 0. The molecule has 0 bridgehead atoms. The van der Waals surface area contributed by atoms with Crippen LogP contribution in [0.3, 0.4) is 0 Å². The third-order valence-electron chi connectivity index (χ3n) is 2.49. The summed E-state index contributed by atoms with van der Waals surface area (Å²) in [5.41, 5.74) is 7.77. The Kier molecular flexibility index (Phi) is 4.75. The van der Waals surface area contributed by atoms with E-state index in [0.717, 1.165) is 5.56 Å². The fourth-order valence-corrected chi connectivity index (χ4v) is 2.93. The van der Waals surface area contributed by atoms with Gasteiger partial charge in [-0.1, -0.05) is 47.4 Å². The standard InChI is InChI=1S/C12H14N4OS2/c1-8-4-2-3-5-9(8)6-14-10(17)7-18-12-16-15-11(13)19-12/h2-5H,6-7H2,1H3,(H2,13,15)(H,14,17). The molecule has 0 saturated heterocycles. The van der Waals surface area contributed by atoms with E-state index < -0.39 is 0 Å². The Morgan fingerprint density at radius 1 is 1.42 bits per heavy atom. The third kappa shape index (κ3) is 4.22. The summed E-state index contributed by atoms with van der Waals surface area (Å²) in [5, 5.41) is 10.8. The van der Waals surface area contributed by atoms with Crippen molar-refractivity contribution in [1.29, 1.82) is 0 Å². The van der Waals surface area contributed by atoms with E-state index in [1.165, 1.54) is 28.7 Å². The molecular weight excluding hydrogens is 280 g/mol. The van der Waals surface area contributed by atoms with Gasteiger partial charge >= 0.3 is 0 Å². The predicted octanol–water partition coefficient (Wildman–Crippen LogP) is 1.84. The first-order chi connectivity index (χ1) is 9.15. The van der Waals surface area contributed by atoms with Crippen molar-refractivity contribution in [2.45, 2.75) is 17.8 Å². The highest BCUT2D eigenvalue weighted by atomic mass is 32.2. The number of nitrogens with two attached hydrogens (primary N) is 1. The molecule has 1 aromatic carbocycles. The fraction of sp³-hybridized carbons (Fsp3) is 0.250. The average Bonchev–Trinajstić information content (AvgIpc) is 2.81. The van der Waals surface area contributed by atoms with Crippen molar-refractivity contribution in [2.75, 3.05) is 11.5 Å². The van der Waals surface area contributed by atoms with Gasteiger partial charge in [0, 0.05) is 6.54 Å². The van der Waals surface area contributed by atoms with E-state index in [0.29, 0.717) is 21.8 Å². The Hall–Kier alpha value is -1.60. The molecule has 7 heteroatoms. The molecule has 1 aromatic heterocycles. The maximum atomic E-state index is 11.7. The molecule has 2 aromatic rings. The fourth-order valence-electron chi connectivity index (χ4n) is 1.46. The van der Waals surface area contributed by atoms with Crippen LogP contribution in [-0.2, 0) is 11.3 Å². The van der Waals surface area contributed by atoms with Gasteiger partial charge in [-0.15, -0.1) is 10.2 Å². The van der Waals surface area contributed by atoms with Crippen LogP contribution in [0.4, 0.5) is 5.13 Å². The maximum Gasteiger partial charge on any atom is 0.230 e. The van der Waals surface area contributed by atoms with E-state index >= 15 is 0 Å². The Balaban J connectivity index is 1.77. The number of carbonyl (C=O) groups excluding carboxylic acids is 1. The first-order valence-electron chi connectivity index (χ1n) is 5.68. The average molecular weight is 294 g/mol. The van der Waals surface area contributed by atoms with Crippen LogP contribution in [-0.4, -0.2) is 21.9 Å². The number of aryl methyl sites for hydroxylation is 1. The van der Waals surface area contributed by atoms with E-state index in [2.05, 4.69) is 15.5 Å². The zero-order valence-corrected chi connectivity index (χ0v) is 12.1. The van der Waals surface area contributed by atoms with Gasteiger partial charge in [-0.05, 0) is 18.1 Å². The molecule has 100 valence electrons. The molecule has 1 heterocycles. The van der Waals surface area contributed by atoms with Crippen LogP contribution in [0.1, 0.15) is 11.1 Å². The summed E-state index contributed by atoms with van der Waals surface area (Å²) < 4.78 is 0.712. The number of benzene rings is 1. The van der Waals surface area contributed by atoms with E-state index in [4.69, 9.17) is 5.73 Å². The van der Waals surface area contributed by atoms with E-state index in [-0.39, 0.29) is 5.91 Å². The zero-order chi connectivity index (χ0) is 13.7. The molecule has 0 spiro atoms. The van der Waals surface area contributed by atoms with E-state index in [9.17, 15) is 4.79 Å². The molecule has 1 amide bonds. The lowest BCUT2D eigenvalue weighted by molar-refractivity contribution is -0.118. The highest BCUT2D eigenvalue weighted by Crippen LogP contribution is 2.22. The lowest BCUT2D eigenvalue weighted by Gasteiger charge is -2.06. The normalized spacial score (nSPS) is 10.4. The summed E-state index contributed by atoms with van der Waals surface area (Å²) in [6, 6.07) is 7.98. The number of aromatic nitrogens is 2. The number of rotatable bonds is 5. The molecule has 0 aliphatic heterocycles. The molecular formula is C12H14N4OS2. The molecule has 0 unspecified atom stereocenters. The molecule has 0 radical (unpaired) electrons. The maximum absolute atomic E-state index is 11.7. The zero-order valence-electron chi connectivity index (χ0n) is 10.4. The van der Waals surface area contributed by atoms with Gasteiger partial charge in [0.05, 0.1) is 5.75 Å². The van der Waals surface area contributed by atoms with Gasteiger partial charge < -0.3 is 11.1 Å². The Morgan fingerprint density at radius 2 is 2.21 bits per heavy atom. The largest absolute Gasteiger partial charge is 0.374 e. The van der Waals surface area contributed by atoms with Crippen LogP contribution < -0.4 is 11.1 Å². The second-order valence-electron chi connectivity index (χ2n) is 3.90. The number of hydrogen-bond acceptors (Lipinski definition) is 6. The highest BCUT2D eigenvalue weighted by molar-refractivity contribution is 8.01. The first kappa shape index (κ1) is 13.8. The van der Waals surface area contributed by atoms with E-state index in [1.54, 1.807) is 0 Å². The predicted molar refractivity (Wildman–Crippen MR) is 78.1 cm³/mol. The number of thioether (sulfide) groups is 1. The van der Waals surface area contributed by atoms with Gasteiger partial charge in [-0.2, -0.15) is 0 Å². The van der Waals surface area contributed by atoms with Gasteiger partial charge in [0.15, 0.2) is 4.34 Å². The van der Waals surface area contributed by atoms with Crippen molar-refractivity contribution in [1.82, 2.24) is 15.5 Å². The summed E-state index contributed by atoms with van der Waals surface area (Å²) in [7, 11) is 0. The van der Waals surface area contributed by atoms with Crippen molar-refractivity contribution < 1.29 is 4.79 Å². The Morgan fingerprint density at radius 3 is 2.89 bits per heavy atom. The van der Waals surface area contributed by atoms with Crippen molar-refractivity contribution in [3.8, 4) is 0 Å². The quantitative estimate of drug-likeness (QED) is 0.822. The lowest BCUT2D eigenvalue weighted by Crippen LogP contribution is -2.24. The molecule has 5 nitrogen and oxygen atoms in total. The number of amides is 1. The van der Waals surface area contributed by atoms with Crippen LogP contribution in [0.2, 0.25) is 0 Å². The number of nitrogens with zero attached hydrogens (tertiary/aromatic N) is 2. The highest BCUT2D eigenvalue weighted by Gasteiger charge is 2.07. The first-order valence-corrected chi connectivity index (χ1v) is 7.48. The number of nitrogens with one attached hydrogen (secondary N) is 1. The minimum atomic E-state index is -0.0259. The lowest BCUT2D eigenvalue weighted by atomic mass is 10.1. The summed E-state index contributed by atoms with van der Waals surface area (Å²) in [4.78, 5) is 11.7. The molecule has 0 saturated carbocycles. The second kappa shape index (κ2) is 6.53. The third-order valence-corrected chi connectivity index (χ3v) is 4.37. The minimum Gasteiger partial charge on any atom is -0.374 e. The summed E-state index contributed by atoms with van der Waals surface area (Å²) in [6.45, 7) is 2.57. The Bertz CT molecular complexity index is 570. The summed E-state index contributed by atoms with van der Waals surface area (Å²) >= 11 is 2.63. The van der Waals surface area contributed by atoms with Crippen LogP contribution in [0, 0.1) is 6.92 Å².